The Kier molecular flexibility index (Phi) is 9.93. The van der Waals surface area contributed by atoms with Gasteiger partial charge >= 0.3 is 0 Å². The van der Waals surface area contributed by atoms with E-state index in [9.17, 15) is 13.2 Å². The Morgan fingerprint density at radius 3 is 2.11 bits per heavy atom. The van der Waals surface area contributed by atoms with Crippen LogP contribution in [0, 0.1) is 25.7 Å². The molecule has 8 heteroatoms. The Labute approximate surface area is 230 Å². The number of likely N-dealkylation sites (tertiary alicyclic amines) is 1. The summed E-state index contributed by atoms with van der Waals surface area (Å²) >= 11 is 0. The van der Waals surface area contributed by atoms with E-state index in [0.717, 1.165) is 24.8 Å². The van der Waals surface area contributed by atoms with Crippen LogP contribution in [-0.2, 0) is 14.8 Å². The Bertz CT molecular complexity index is 1030. The van der Waals surface area contributed by atoms with Crippen LogP contribution in [0.5, 0.6) is 5.75 Å². The molecule has 2 saturated carbocycles. The second kappa shape index (κ2) is 12.8. The van der Waals surface area contributed by atoms with Gasteiger partial charge in [0, 0.05) is 45.1 Å². The van der Waals surface area contributed by atoms with Gasteiger partial charge in [0.05, 0.1) is 12.0 Å². The van der Waals surface area contributed by atoms with E-state index < -0.39 is 10.0 Å². The first-order chi connectivity index (χ1) is 18.1. The largest absolute Gasteiger partial charge is 0.497 e. The van der Waals surface area contributed by atoms with Crippen LogP contribution in [0.15, 0.2) is 17.0 Å². The predicted molar refractivity (Wildman–Crippen MR) is 152 cm³/mol. The van der Waals surface area contributed by atoms with Gasteiger partial charge in [-0.1, -0.05) is 0 Å². The summed E-state index contributed by atoms with van der Waals surface area (Å²) in [4.78, 5) is 18.4. The number of benzene rings is 1. The fourth-order valence-corrected chi connectivity index (χ4v) is 8.28. The minimum absolute atomic E-state index is 0.180. The van der Waals surface area contributed by atoms with Gasteiger partial charge in [-0.2, -0.15) is 0 Å². The van der Waals surface area contributed by atoms with Gasteiger partial charge in [-0.3, -0.25) is 4.79 Å². The smallest absolute Gasteiger partial charge is 0.243 e. The summed E-state index contributed by atoms with van der Waals surface area (Å²) in [5, 5.41) is 0. The van der Waals surface area contributed by atoms with Crippen LogP contribution in [0.25, 0.3) is 0 Å². The number of ether oxygens (including phenoxy) is 1. The fourth-order valence-electron chi connectivity index (χ4n) is 6.70. The van der Waals surface area contributed by atoms with Crippen molar-refractivity contribution in [3.8, 4) is 5.75 Å². The zero-order valence-electron chi connectivity index (χ0n) is 24.2. The van der Waals surface area contributed by atoms with Gasteiger partial charge in [-0.05, 0) is 120 Å². The molecule has 0 unspecified atom stereocenters. The first-order valence-corrected chi connectivity index (χ1v) is 16.1. The minimum Gasteiger partial charge on any atom is -0.497 e. The zero-order valence-corrected chi connectivity index (χ0v) is 25.1. The van der Waals surface area contributed by atoms with Crippen molar-refractivity contribution < 1.29 is 17.9 Å². The number of hydrogen-bond donors (Lipinski definition) is 0. The van der Waals surface area contributed by atoms with Gasteiger partial charge in [0.15, 0.2) is 0 Å². The highest BCUT2D eigenvalue weighted by Crippen LogP contribution is 2.34. The van der Waals surface area contributed by atoms with Gasteiger partial charge in [-0.15, -0.1) is 0 Å². The molecule has 214 valence electrons. The molecule has 1 saturated heterocycles. The second-order valence-electron chi connectivity index (χ2n) is 12.2. The lowest BCUT2D eigenvalue weighted by molar-refractivity contribution is -0.120. The topological polar surface area (TPSA) is 70.2 Å². The number of Topliss-reactive ketones (excluding diaryl/α,β-unsaturated/α-hetero) is 1. The normalized spacial score (nSPS) is 23.8. The highest BCUT2D eigenvalue weighted by molar-refractivity contribution is 7.89. The van der Waals surface area contributed by atoms with Gasteiger partial charge in [0.2, 0.25) is 10.0 Å². The molecule has 0 radical (unpaired) electrons. The average Bonchev–Trinajstić information content (AvgIpc) is 3.73. The Morgan fingerprint density at radius 1 is 0.947 bits per heavy atom. The van der Waals surface area contributed by atoms with Crippen molar-refractivity contribution >= 4 is 15.8 Å². The quantitative estimate of drug-likeness (QED) is 0.380. The highest BCUT2D eigenvalue weighted by atomic mass is 32.2. The number of rotatable bonds is 12. The van der Waals surface area contributed by atoms with Crippen LogP contribution in [0.1, 0.15) is 75.3 Å². The summed E-state index contributed by atoms with van der Waals surface area (Å²) in [6.45, 7) is 7.51. The molecule has 2 aliphatic carbocycles. The van der Waals surface area contributed by atoms with Gasteiger partial charge in [-0.25, -0.2) is 12.7 Å². The molecule has 1 aromatic carbocycles. The fraction of sp³-hybridized carbons (Fsp3) is 0.767. The van der Waals surface area contributed by atoms with E-state index in [1.807, 2.05) is 0 Å². The lowest BCUT2D eigenvalue weighted by atomic mass is 9.81. The molecule has 1 aliphatic heterocycles. The third-order valence-electron chi connectivity index (χ3n) is 9.26. The van der Waals surface area contributed by atoms with Crippen LogP contribution in [0.4, 0.5) is 0 Å². The Morgan fingerprint density at radius 2 is 1.55 bits per heavy atom. The molecule has 4 rings (SSSR count). The van der Waals surface area contributed by atoms with Gasteiger partial charge in [0.1, 0.15) is 11.5 Å². The molecule has 3 aliphatic rings. The number of piperidine rings is 1. The van der Waals surface area contributed by atoms with E-state index in [0.29, 0.717) is 40.2 Å². The molecular weight excluding hydrogens is 498 g/mol. The lowest BCUT2D eigenvalue weighted by Gasteiger charge is -2.41. The maximum atomic E-state index is 13.2. The lowest BCUT2D eigenvalue weighted by Crippen LogP contribution is -2.45. The van der Waals surface area contributed by atoms with E-state index >= 15 is 0 Å². The van der Waals surface area contributed by atoms with Crippen molar-refractivity contribution in [1.29, 1.82) is 0 Å². The molecule has 0 spiro atoms. The number of ketones is 1. The molecule has 0 aromatic heterocycles. The third-order valence-corrected chi connectivity index (χ3v) is 11.4. The van der Waals surface area contributed by atoms with Crippen molar-refractivity contribution in [2.75, 3.05) is 47.4 Å². The first kappa shape index (κ1) is 29.5. The van der Waals surface area contributed by atoms with Crippen LogP contribution in [0.2, 0.25) is 0 Å². The van der Waals surface area contributed by atoms with Crippen LogP contribution < -0.4 is 4.74 Å². The first-order valence-electron chi connectivity index (χ1n) is 14.7. The zero-order chi connectivity index (χ0) is 27.4. The van der Waals surface area contributed by atoms with Crippen molar-refractivity contribution in [2.45, 2.75) is 95.0 Å². The molecule has 1 aromatic rings. The van der Waals surface area contributed by atoms with E-state index in [1.165, 1.54) is 62.5 Å². The number of carbonyl (C=O) groups excluding carboxylic acids is 1. The maximum Gasteiger partial charge on any atom is 0.243 e. The summed E-state index contributed by atoms with van der Waals surface area (Å²) < 4.78 is 33.1. The van der Waals surface area contributed by atoms with E-state index in [1.54, 1.807) is 40.1 Å². The van der Waals surface area contributed by atoms with Gasteiger partial charge in [0.25, 0.3) is 0 Å². The number of aryl methyl sites for hydroxylation is 2. The molecule has 0 amide bonds. The summed E-state index contributed by atoms with van der Waals surface area (Å²) in [7, 11) is 1.78. The summed E-state index contributed by atoms with van der Waals surface area (Å²) in [6.07, 6.45) is 10.9. The third kappa shape index (κ3) is 7.38. The van der Waals surface area contributed by atoms with Crippen LogP contribution in [-0.4, -0.2) is 87.8 Å². The number of carbonyl (C=O) groups is 1. The number of methoxy groups -OCH3 is 1. The number of hydrogen-bond acceptors (Lipinski definition) is 6. The molecule has 38 heavy (non-hydrogen) atoms. The summed E-state index contributed by atoms with van der Waals surface area (Å²) in [6, 6.07) is 5.02. The van der Waals surface area contributed by atoms with E-state index in [4.69, 9.17) is 4.74 Å². The monoisotopic (exact) mass is 547 g/mol. The number of nitrogens with zero attached hydrogens (tertiary/aromatic N) is 3. The molecular formula is C30H49N3O4S. The molecule has 1 heterocycles. The summed E-state index contributed by atoms with van der Waals surface area (Å²) in [5.41, 5.74) is 1.32. The Hall–Kier alpha value is -1.48. The maximum absolute atomic E-state index is 13.2. The van der Waals surface area contributed by atoms with Crippen LogP contribution >= 0.6 is 0 Å². The highest BCUT2D eigenvalue weighted by Gasteiger charge is 2.32. The standard InChI is InChI=1S/C30H49N3O4S/c1-22-18-29(37-5)19-23(2)30(22)38(35,36)32(4)15-14-28(34)20-24-6-8-27(9-7-24)33-16-12-25(13-17-33)21-31(3)26-10-11-26/h18-19,24-27H,6-17,20-21H2,1-5H3. The van der Waals surface area contributed by atoms with Crippen LogP contribution in [0.3, 0.4) is 0 Å². The Balaban J connectivity index is 1.17. The SMILES string of the molecule is COc1cc(C)c(S(=O)(=O)N(C)CCC(=O)CC2CCC(N3CCC(CN(C)C4CC4)CC3)CC2)c(C)c1. The van der Waals surface area contributed by atoms with E-state index in [2.05, 4.69) is 16.8 Å². The second-order valence-corrected chi connectivity index (χ2v) is 14.2. The molecule has 0 N–H and O–H groups in total. The average molecular weight is 548 g/mol. The minimum atomic E-state index is -3.67. The van der Waals surface area contributed by atoms with Crippen molar-refractivity contribution in [2.24, 2.45) is 11.8 Å². The molecule has 3 fully saturated rings. The van der Waals surface area contributed by atoms with Crippen molar-refractivity contribution in [3.63, 3.8) is 0 Å². The van der Waals surface area contributed by atoms with E-state index in [-0.39, 0.29) is 18.7 Å². The van der Waals surface area contributed by atoms with Gasteiger partial charge < -0.3 is 14.5 Å². The van der Waals surface area contributed by atoms with Crippen molar-refractivity contribution in [3.05, 3.63) is 23.3 Å². The number of sulfonamides is 1. The molecule has 7 nitrogen and oxygen atoms in total. The summed E-state index contributed by atoms with van der Waals surface area (Å²) in [5.74, 6) is 2.12. The molecule has 0 bridgehead atoms. The predicted octanol–water partition coefficient (Wildman–Crippen LogP) is 4.65. The van der Waals surface area contributed by atoms with Crippen molar-refractivity contribution in [1.82, 2.24) is 14.1 Å². The molecule has 0 atom stereocenters.